The van der Waals surface area contributed by atoms with Gasteiger partial charge < -0.3 is 19.9 Å². The van der Waals surface area contributed by atoms with Crippen LogP contribution in [0.3, 0.4) is 0 Å². The number of para-hydroxylation sites is 1. The van der Waals surface area contributed by atoms with Crippen LogP contribution in [0, 0.1) is 0 Å². The molecule has 0 bridgehead atoms. The summed E-state index contributed by atoms with van der Waals surface area (Å²) in [4.78, 5) is 42.3. The quantitative estimate of drug-likeness (QED) is 0.658. The summed E-state index contributed by atoms with van der Waals surface area (Å²) >= 11 is 0. The molecule has 32 heavy (non-hydrogen) atoms. The molecule has 2 fully saturated rings. The molecule has 10 heteroatoms. The minimum atomic E-state index is -0.390. The van der Waals surface area contributed by atoms with E-state index in [4.69, 9.17) is 4.74 Å². The molecule has 1 aromatic heterocycles. The summed E-state index contributed by atoms with van der Waals surface area (Å²) < 4.78 is 4.97. The SMILES string of the molecule is O=C(Nc1cccc(N2CCOC2=O)c1)N1CCN(C(=O)c2n[nH]c3ccccc23)CC1. The number of nitrogens with zero attached hydrogens (tertiary/aromatic N) is 4. The van der Waals surface area contributed by atoms with Crippen LogP contribution in [0.1, 0.15) is 10.5 Å². The van der Waals surface area contributed by atoms with Gasteiger partial charge in [-0.2, -0.15) is 5.10 Å². The van der Waals surface area contributed by atoms with Gasteiger partial charge in [-0.25, -0.2) is 9.59 Å². The van der Waals surface area contributed by atoms with Crippen molar-refractivity contribution in [2.75, 3.05) is 49.5 Å². The Morgan fingerprint density at radius 1 is 0.969 bits per heavy atom. The predicted molar refractivity (Wildman–Crippen MR) is 118 cm³/mol. The molecule has 5 rings (SSSR count). The first kappa shape index (κ1) is 19.9. The van der Waals surface area contributed by atoms with Crippen molar-refractivity contribution in [1.29, 1.82) is 0 Å². The minimum absolute atomic E-state index is 0.146. The third-order valence-electron chi connectivity index (χ3n) is 5.70. The smallest absolute Gasteiger partial charge is 0.414 e. The van der Waals surface area contributed by atoms with Crippen LogP contribution < -0.4 is 10.2 Å². The first-order valence-corrected chi connectivity index (χ1v) is 10.4. The number of anilines is 2. The fourth-order valence-electron chi connectivity index (χ4n) is 3.97. The number of rotatable bonds is 3. The molecule has 0 unspecified atom stereocenters. The molecule has 0 aliphatic carbocycles. The lowest BCUT2D eigenvalue weighted by atomic mass is 10.2. The van der Waals surface area contributed by atoms with E-state index < -0.39 is 0 Å². The number of cyclic esters (lactones) is 1. The highest BCUT2D eigenvalue weighted by molar-refractivity contribution is 6.04. The molecule has 2 aliphatic heterocycles. The van der Waals surface area contributed by atoms with Crippen molar-refractivity contribution in [3.8, 4) is 0 Å². The number of amides is 4. The van der Waals surface area contributed by atoms with Gasteiger partial charge in [-0.3, -0.25) is 14.8 Å². The molecule has 0 radical (unpaired) electrons. The van der Waals surface area contributed by atoms with Crippen molar-refractivity contribution in [2.45, 2.75) is 0 Å². The summed E-state index contributed by atoms with van der Waals surface area (Å²) in [6.45, 7) is 2.51. The third-order valence-corrected chi connectivity index (χ3v) is 5.70. The van der Waals surface area contributed by atoms with Crippen LogP contribution in [-0.2, 0) is 4.74 Å². The van der Waals surface area contributed by atoms with Crippen molar-refractivity contribution in [3.05, 3.63) is 54.2 Å². The molecule has 2 aliphatic rings. The van der Waals surface area contributed by atoms with Gasteiger partial charge in [-0.15, -0.1) is 0 Å². The van der Waals surface area contributed by atoms with Crippen LogP contribution in [0.4, 0.5) is 21.0 Å². The highest BCUT2D eigenvalue weighted by Gasteiger charge is 2.28. The second-order valence-corrected chi connectivity index (χ2v) is 7.64. The zero-order valence-electron chi connectivity index (χ0n) is 17.3. The van der Waals surface area contributed by atoms with Gasteiger partial charge in [0.25, 0.3) is 5.91 Å². The summed E-state index contributed by atoms with van der Waals surface area (Å²) in [5.74, 6) is -0.146. The van der Waals surface area contributed by atoms with E-state index in [9.17, 15) is 14.4 Å². The topological polar surface area (TPSA) is 111 Å². The first-order valence-electron chi connectivity index (χ1n) is 10.4. The van der Waals surface area contributed by atoms with Crippen molar-refractivity contribution < 1.29 is 19.1 Å². The number of piperazine rings is 1. The lowest BCUT2D eigenvalue weighted by Gasteiger charge is -2.34. The lowest BCUT2D eigenvalue weighted by Crippen LogP contribution is -2.51. The summed E-state index contributed by atoms with van der Waals surface area (Å²) in [6, 6.07) is 14.3. The maximum Gasteiger partial charge on any atom is 0.414 e. The van der Waals surface area contributed by atoms with Crippen molar-refractivity contribution in [1.82, 2.24) is 20.0 Å². The average Bonchev–Trinajstić information content (AvgIpc) is 3.45. The maximum atomic E-state index is 12.9. The van der Waals surface area contributed by atoms with Gasteiger partial charge in [0.15, 0.2) is 5.69 Å². The standard InChI is InChI=1S/C22H22N6O4/c29-20(19-17-6-1-2-7-18(17)24-25-19)26-8-10-27(11-9-26)21(30)23-15-4-3-5-16(14-15)28-12-13-32-22(28)31/h1-7,14H,8-13H2,(H,23,30)(H,24,25). The molecular weight excluding hydrogens is 412 g/mol. The van der Waals surface area contributed by atoms with Crippen molar-refractivity contribution >= 4 is 40.3 Å². The van der Waals surface area contributed by atoms with E-state index in [0.717, 1.165) is 10.9 Å². The number of carbonyl (C=O) groups excluding carboxylic acids is 3. The molecule has 10 nitrogen and oxygen atoms in total. The number of hydrogen-bond acceptors (Lipinski definition) is 5. The Hall–Kier alpha value is -4.08. The third kappa shape index (κ3) is 3.70. The van der Waals surface area contributed by atoms with Crippen LogP contribution in [0.15, 0.2) is 48.5 Å². The van der Waals surface area contributed by atoms with E-state index in [1.54, 1.807) is 34.1 Å². The Balaban J connectivity index is 1.20. The first-order chi connectivity index (χ1) is 15.6. The molecule has 0 saturated carbocycles. The Morgan fingerprint density at radius 2 is 1.75 bits per heavy atom. The fourth-order valence-corrected chi connectivity index (χ4v) is 3.97. The Labute approximate surface area is 183 Å². The average molecular weight is 434 g/mol. The van der Waals surface area contributed by atoms with Crippen LogP contribution >= 0.6 is 0 Å². The number of H-pyrrole nitrogens is 1. The predicted octanol–water partition coefficient (Wildman–Crippen LogP) is 2.51. The molecule has 3 heterocycles. The van der Waals surface area contributed by atoms with E-state index in [1.807, 2.05) is 24.3 Å². The number of benzene rings is 2. The summed E-state index contributed by atoms with van der Waals surface area (Å²) in [5, 5.41) is 10.7. The monoisotopic (exact) mass is 434 g/mol. The van der Waals surface area contributed by atoms with E-state index in [-0.39, 0.29) is 18.0 Å². The Bertz CT molecular complexity index is 1180. The van der Waals surface area contributed by atoms with E-state index >= 15 is 0 Å². The summed E-state index contributed by atoms with van der Waals surface area (Å²) in [6.07, 6.45) is -0.390. The van der Waals surface area contributed by atoms with Gasteiger partial charge in [-0.05, 0) is 24.3 Å². The zero-order valence-corrected chi connectivity index (χ0v) is 17.3. The summed E-state index contributed by atoms with van der Waals surface area (Å²) in [7, 11) is 0. The van der Waals surface area contributed by atoms with Gasteiger partial charge in [0, 0.05) is 42.9 Å². The van der Waals surface area contributed by atoms with Gasteiger partial charge in [0.2, 0.25) is 0 Å². The Kier molecular flexibility index (Phi) is 5.10. The van der Waals surface area contributed by atoms with Crippen molar-refractivity contribution in [2.24, 2.45) is 0 Å². The van der Waals surface area contributed by atoms with E-state index in [0.29, 0.717) is 56.4 Å². The highest BCUT2D eigenvalue weighted by Crippen LogP contribution is 2.23. The van der Waals surface area contributed by atoms with Crippen LogP contribution in [0.25, 0.3) is 10.9 Å². The highest BCUT2D eigenvalue weighted by atomic mass is 16.6. The van der Waals surface area contributed by atoms with Gasteiger partial charge in [0.1, 0.15) is 6.61 Å². The van der Waals surface area contributed by atoms with Crippen LogP contribution in [0.2, 0.25) is 0 Å². The molecule has 4 amide bonds. The number of nitrogens with one attached hydrogen (secondary N) is 2. The zero-order chi connectivity index (χ0) is 22.1. The number of fused-ring (bicyclic) bond motifs is 1. The summed E-state index contributed by atoms with van der Waals surface area (Å²) in [5.41, 5.74) is 2.48. The second-order valence-electron chi connectivity index (χ2n) is 7.64. The Morgan fingerprint density at radius 3 is 2.53 bits per heavy atom. The number of aromatic nitrogens is 2. The fraction of sp³-hybridized carbons (Fsp3) is 0.273. The number of ether oxygens (including phenoxy) is 1. The van der Waals surface area contributed by atoms with Crippen LogP contribution in [-0.4, -0.2) is 77.4 Å². The molecular formula is C22H22N6O4. The van der Waals surface area contributed by atoms with Crippen LogP contribution in [0.5, 0.6) is 0 Å². The lowest BCUT2D eigenvalue weighted by molar-refractivity contribution is 0.0667. The molecule has 3 aromatic rings. The normalized spacial score (nSPS) is 16.4. The van der Waals surface area contributed by atoms with Gasteiger partial charge in [-0.1, -0.05) is 24.3 Å². The maximum absolute atomic E-state index is 12.9. The minimum Gasteiger partial charge on any atom is -0.447 e. The number of urea groups is 1. The molecule has 0 spiro atoms. The molecule has 164 valence electrons. The number of aromatic amines is 1. The van der Waals surface area contributed by atoms with E-state index in [1.165, 1.54) is 4.90 Å². The molecule has 2 aromatic carbocycles. The molecule has 2 saturated heterocycles. The van der Waals surface area contributed by atoms with Gasteiger partial charge >= 0.3 is 12.1 Å². The van der Waals surface area contributed by atoms with E-state index in [2.05, 4.69) is 15.5 Å². The molecule has 0 atom stereocenters. The van der Waals surface area contributed by atoms with Gasteiger partial charge in [0.05, 0.1) is 12.1 Å². The molecule has 2 N–H and O–H groups in total. The number of carbonyl (C=O) groups is 3. The van der Waals surface area contributed by atoms with Crippen molar-refractivity contribution in [3.63, 3.8) is 0 Å². The largest absolute Gasteiger partial charge is 0.447 e. The second kappa shape index (κ2) is 8.22. The number of hydrogen-bond donors (Lipinski definition) is 2.